The lowest BCUT2D eigenvalue weighted by atomic mass is 9.63. The van der Waals surface area contributed by atoms with Gasteiger partial charge in [-0.1, -0.05) is 50.9 Å². The van der Waals surface area contributed by atoms with Crippen molar-refractivity contribution in [2.45, 2.75) is 58.4 Å². The van der Waals surface area contributed by atoms with Gasteiger partial charge in [-0.3, -0.25) is 0 Å². The maximum absolute atomic E-state index is 6.34. The Kier molecular flexibility index (Phi) is 4.81. The molecule has 3 unspecified atom stereocenters. The summed E-state index contributed by atoms with van der Waals surface area (Å²) >= 11 is 6.34. The molecule has 0 radical (unpaired) electrons. The molecule has 0 aliphatic heterocycles. The van der Waals surface area contributed by atoms with Crippen molar-refractivity contribution < 1.29 is 0 Å². The van der Waals surface area contributed by atoms with Crippen LogP contribution in [0.2, 0.25) is 5.02 Å². The normalized spacial score (nSPS) is 27.6. The predicted molar refractivity (Wildman–Crippen MR) is 88.6 cm³/mol. The Bertz CT molecular complexity index is 466. The summed E-state index contributed by atoms with van der Waals surface area (Å²) in [7, 11) is 2.11. The van der Waals surface area contributed by atoms with Gasteiger partial charge in [-0.05, 0) is 61.3 Å². The van der Waals surface area contributed by atoms with E-state index in [2.05, 4.69) is 58.3 Å². The number of hydrogen-bond acceptors (Lipinski definition) is 1. The fourth-order valence-electron chi connectivity index (χ4n) is 3.77. The quantitative estimate of drug-likeness (QED) is 0.831. The zero-order valence-electron chi connectivity index (χ0n) is 13.5. The van der Waals surface area contributed by atoms with Gasteiger partial charge in [-0.15, -0.1) is 0 Å². The Morgan fingerprint density at radius 1 is 1.25 bits per heavy atom. The lowest BCUT2D eigenvalue weighted by Gasteiger charge is -2.44. The standard InChI is InChI=1S/C18H28ClN/c1-12-6-9-15(17(10-12)20-5)18(3,4)14-8-7-13(2)16(19)11-14/h7-8,11-12,15,17,20H,6,9-10H2,1-5H3. The monoisotopic (exact) mass is 293 g/mol. The minimum Gasteiger partial charge on any atom is -0.317 e. The minimum atomic E-state index is 0.158. The molecule has 1 saturated carbocycles. The Morgan fingerprint density at radius 3 is 2.55 bits per heavy atom. The third-order valence-corrected chi connectivity index (χ3v) is 5.73. The van der Waals surface area contributed by atoms with Gasteiger partial charge in [0.2, 0.25) is 0 Å². The van der Waals surface area contributed by atoms with Gasteiger partial charge in [-0.2, -0.15) is 0 Å². The summed E-state index contributed by atoms with van der Waals surface area (Å²) in [5.74, 6) is 1.50. The van der Waals surface area contributed by atoms with E-state index in [9.17, 15) is 0 Å². The highest BCUT2D eigenvalue weighted by Gasteiger charge is 2.39. The lowest BCUT2D eigenvalue weighted by Crippen LogP contribution is -2.47. The highest BCUT2D eigenvalue weighted by molar-refractivity contribution is 6.31. The Balaban J connectivity index is 2.30. The molecule has 0 bridgehead atoms. The van der Waals surface area contributed by atoms with E-state index in [0.717, 1.165) is 16.5 Å². The Hall–Kier alpha value is -0.530. The molecule has 0 spiro atoms. The average molecular weight is 294 g/mol. The van der Waals surface area contributed by atoms with Crippen molar-refractivity contribution in [2.24, 2.45) is 11.8 Å². The molecule has 2 heteroatoms. The molecular formula is C18H28ClN. The highest BCUT2D eigenvalue weighted by atomic mass is 35.5. The van der Waals surface area contributed by atoms with Crippen LogP contribution in [0, 0.1) is 18.8 Å². The van der Waals surface area contributed by atoms with Crippen LogP contribution in [0.1, 0.15) is 51.2 Å². The summed E-state index contributed by atoms with van der Waals surface area (Å²) in [6.07, 6.45) is 3.92. The van der Waals surface area contributed by atoms with Crippen LogP contribution in [0.25, 0.3) is 0 Å². The van der Waals surface area contributed by atoms with Gasteiger partial charge in [0.05, 0.1) is 0 Å². The number of hydrogen-bond donors (Lipinski definition) is 1. The van der Waals surface area contributed by atoms with Crippen LogP contribution in [0.5, 0.6) is 0 Å². The molecule has 0 amide bonds. The first-order chi connectivity index (χ1) is 9.36. The van der Waals surface area contributed by atoms with E-state index >= 15 is 0 Å². The zero-order chi connectivity index (χ0) is 14.9. The first-order valence-corrected chi connectivity index (χ1v) is 8.18. The molecule has 20 heavy (non-hydrogen) atoms. The molecule has 112 valence electrons. The number of halogens is 1. The number of benzene rings is 1. The molecule has 1 fully saturated rings. The Morgan fingerprint density at radius 2 is 1.95 bits per heavy atom. The van der Waals surface area contributed by atoms with Crippen molar-refractivity contribution in [1.29, 1.82) is 0 Å². The molecule has 1 aliphatic carbocycles. The molecule has 0 saturated heterocycles. The van der Waals surface area contributed by atoms with Crippen molar-refractivity contribution >= 4 is 11.6 Å². The summed E-state index contributed by atoms with van der Waals surface area (Å²) in [5.41, 5.74) is 2.69. The molecule has 1 nitrogen and oxygen atoms in total. The van der Waals surface area contributed by atoms with E-state index in [1.165, 1.54) is 24.8 Å². The van der Waals surface area contributed by atoms with Gasteiger partial charge in [0.1, 0.15) is 0 Å². The van der Waals surface area contributed by atoms with E-state index in [-0.39, 0.29) is 5.41 Å². The molecule has 1 N–H and O–H groups in total. The van der Waals surface area contributed by atoms with Crippen molar-refractivity contribution in [3.05, 3.63) is 34.3 Å². The summed E-state index contributed by atoms with van der Waals surface area (Å²) in [6, 6.07) is 7.18. The third kappa shape index (κ3) is 3.04. The third-order valence-electron chi connectivity index (χ3n) is 5.33. The first kappa shape index (κ1) is 15.9. The van der Waals surface area contributed by atoms with Crippen LogP contribution in [0.3, 0.4) is 0 Å². The minimum absolute atomic E-state index is 0.158. The smallest absolute Gasteiger partial charge is 0.0438 e. The van der Waals surface area contributed by atoms with Crippen molar-refractivity contribution in [2.75, 3.05) is 7.05 Å². The fourth-order valence-corrected chi connectivity index (χ4v) is 3.95. The zero-order valence-corrected chi connectivity index (χ0v) is 14.2. The van der Waals surface area contributed by atoms with Crippen molar-refractivity contribution in [3.8, 4) is 0 Å². The van der Waals surface area contributed by atoms with E-state index in [0.29, 0.717) is 12.0 Å². The van der Waals surface area contributed by atoms with Crippen LogP contribution in [0.15, 0.2) is 18.2 Å². The van der Waals surface area contributed by atoms with Crippen LogP contribution in [-0.2, 0) is 5.41 Å². The SMILES string of the molecule is CNC1CC(C)CCC1C(C)(C)c1ccc(C)c(Cl)c1. The second-order valence-corrected chi connectivity index (χ2v) is 7.51. The van der Waals surface area contributed by atoms with E-state index < -0.39 is 0 Å². The summed E-state index contributed by atoms with van der Waals surface area (Å²) in [6.45, 7) is 9.19. The van der Waals surface area contributed by atoms with Gasteiger partial charge >= 0.3 is 0 Å². The topological polar surface area (TPSA) is 12.0 Å². The molecule has 2 rings (SSSR count). The molecule has 0 heterocycles. The molecule has 1 aromatic rings. The van der Waals surface area contributed by atoms with Gasteiger partial charge < -0.3 is 5.32 Å². The second kappa shape index (κ2) is 6.07. The van der Waals surface area contributed by atoms with Crippen molar-refractivity contribution in [1.82, 2.24) is 5.32 Å². The van der Waals surface area contributed by atoms with Crippen LogP contribution >= 0.6 is 11.6 Å². The van der Waals surface area contributed by atoms with Crippen molar-refractivity contribution in [3.63, 3.8) is 0 Å². The molecule has 1 aliphatic rings. The molecule has 1 aromatic carbocycles. The average Bonchev–Trinajstić information content (AvgIpc) is 2.41. The van der Waals surface area contributed by atoms with Gasteiger partial charge in [0.15, 0.2) is 0 Å². The number of rotatable bonds is 3. The Labute approximate surface area is 129 Å². The van der Waals surface area contributed by atoms with E-state index in [1.54, 1.807) is 0 Å². The fraction of sp³-hybridized carbons (Fsp3) is 0.667. The van der Waals surface area contributed by atoms with E-state index in [4.69, 9.17) is 11.6 Å². The van der Waals surface area contributed by atoms with Gasteiger partial charge in [0, 0.05) is 11.1 Å². The summed E-state index contributed by atoms with van der Waals surface area (Å²) in [5, 5.41) is 4.44. The maximum atomic E-state index is 6.34. The van der Waals surface area contributed by atoms with E-state index in [1.807, 2.05) is 0 Å². The number of nitrogens with one attached hydrogen (secondary N) is 1. The molecule has 3 atom stereocenters. The summed E-state index contributed by atoms with van der Waals surface area (Å²) < 4.78 is 0. The molecule has 0 aromatic heterocycles. The van der Waals surface area contributed by atoms with Crippen LogP contribution < -0.4 is 5.32 Å². The first-order valence-electron chi connectivity index (χ1n) is 7.80. The predicted octanol–water partition coefficient (Wildman–Crippen LogP) is 4.95. The second-order valence-electron chi connectivity index (χ2n) is 7.11. The van der Waals surface area contributed by atoms with Crippen LogP contribution in [-0.4, -0.2) is 13.1 Å². The molecular weight excluding hydrogens is 266 g/mol. The van der Waals surface area contributed by atoms with Gasteiger partial charge in [-0.25, -0.2) is 0 Å². The lowest BCUT2D eigenvalue weighted by molar-refractivity contribution is 0.151. The maximum Gasteiger partial charge on any atom is 0.0438 e. The largest absolute Gasteiger partial charge is 0.317 e. The summed E-state index contributed by atoms with van der Waals surface area (Å²) in [4.78, 5) is 0. The van der Waals surface area contributed by atoms with Crippen LogP contribution in [0.4, 0.5) is 0 Å². The highest BCUT2D eigenvalue weighted by Crippen LogP contribution is 2.43. The number of aryl methyl sites for hydroxylation is 1. The van der Waals surface area contributed by atoms with Gasteiger partial charge in [0.25, 0.3) is 0 Å².